The number of anilines is 2. The molecule has 25 heavy (non-hydrogen) atoms. The fourth-order valence-corrected chi connectivity index (χ4v) is 2.74. The van der Waals surface area contributed by atoms with Gasteiger partial charge in [-0.15, -0.1) is 0 Å². The summed E-state index contributed by atoms with van der Waals surface area (Å²) in [7, 11) is 0. The second-order valence-electron chi connectivity index (χ2n) is 6.01. The van der Waals surface area contributed by atoms with Gasteiger partial charge in [0, 0.05) is 23.0 Å². The van der Waals surface area contributed by atoms with Crippen LogP contribution in [0.5, 0.6) is 0 Å². The van der Waals surface area contributed by atoms with Gasteiger partial charge in [-0.3, -0.25) is 0 Å². The molecule has 6 heteroatoms. The predicted molar refractivity (Wildman–Crippen MR) is 96.8 cm³/mol. The number of hydrogen-bond donors (Lipinski definition) is 1. The number of hydrogen-bond acceptors (Lipinski definition) is 6. The molecule has 3 aromatic heterocycles. The first-order valence-corrected chi connectivity index (χ1v) is 8.01. The monoisotopic (exact) mass is 331 g/mol. The summed E-state index contributed by atoms with van der Waals surface area (Å²) in [6, 6.07) is 12.1. The lowest BCUT2D eigenvalue weighted by molar-refractivity contribution is 0.425. The Balaban J connectivity index is 1.93. The van der Waals surface area contributed by atoms with Crippen molar-refractivity contribution in [2.75, 3.05) is 5.32 Å². The van der Waals surface area contributed by atoms with E-state index in [4.69, 9.17) is 4.52 Å². The van der Waals surface area contributed by atoms with Gasteiger partial charge in [-0.2, -0.15) is 4.98 Å². The van der Waals surface area contributed by atoms with Gasteiger partial charge in [0.15, 0.2) is 11.5 Å². The molecule has 0 unspecified atom stereocenters. The number of nitrogens with one attached hydrogen (secondary N) is 1. The number of pyridine rings is 2. The van der Waals surface area contributed by atoms with Crippen molar-refractivity contribution in [3.05, 3.63) is 59.7 Å². The summed E-state index contributed by atoms with van der Waals surface area (Å²) in [4.78, 5) is 13.3. The molecule has 0 radical (unpaired) electrons. The van der Waals surface area contributed by atoms with Crippen molar-refractivity contribution in [3.8, 4) is 11.5 Å². The first kappa shape index (κ1) is 15.3. The Morgan fingerprint density at radius 1 is 1.00 bits per heavy atom. The van der Waals surface area contributed by atoms with E-state index < -0.39 is 0 Å². The summed E-state index contributed by atoms with van der Waals surface area (Å²) in [5.74, 6) is 1.02. The standard InChI is InChI=1S/C19H17N5O/c1-11-5-4-6-14(9-11)23-17-15-8-7-12(2)21-18(15)20-10-16(17)19-22-13(3)24-25-19/h4-10H,1-3H3,(H,20,21,23). The third kappa shape index (κ3) is 2.94. The van der Waals surface area contributed by atoms with Crippen LogP contribution >= 0.6 is 0 Å². The minimum atomic E-state index is 0.433. The molecule has 0 bridgehead atoms. The van der Waals surface area contributed by atoms with Gasteiger partial charge < -0.3 is 9.84 Å². The first-order valence-electron chi connectivity index (χ1n) is 8.01. The van der Waals surface area contributed by atoms with Crippen LogP contribution in [-0.2, 0) is 0 Å². The van der Waals surface area contributed by atoms with Crippen molar-refractivity contribution in [2.45, 2.75) is 20.8 Å². The van der Waals surface area contributed by atoms with E-state index in [1.54, 1.807) is 13.1 Å². The normalized spacial score (nSPS) is 11.0. The van der Waals surface area contributed by atoms with E-state index in [1.807, 2.05) is 31.2 Å². The fourth-order valence-electron chi connectivity index (χ4n) is 2.74. The zero-order chi connectivity index (χ0) is 17.4. The zero-order valence-corrected chi connectivity index (χ0v) is 14.2. The van der Waals surface area contributed by atoms with Gasteiger partial charge in [-0.05, 0) is 50.6 Å². The number of rotatable bonds is 3. The van der Waals surface area contributed by atoms with Gasteiger partial charge in [0.2, 0.25) is 0 Å². The van der Waals surface area contributed by atoms with Gasteiger partial charge in [-0.1, -0.05) is 17.3 Å². The highest BCUT2D eigenvalue weighted by molar-refractivity contribution is 5.98. The van der Waals surface area contributed by atoms with Crippen molar-refractivity contribution in [2.24, 2.45) is 0 Å². The van der Waals surface area contributed by atoms with E-state index in [0.29, 0.717) is 17.4 Å². The van der Waals surface area contributed by atoms with Gasteiger partial charge in [-0.25, -0.2) is 9.97 Å². The Bertz CT molecular complexity index is 1070. The summed E-state index contributed by atoms with van der Waals surface area (Å²) in [6.45, 7) is 5.80. The Kier molecular flexibility index (Phi) is 3.65. The highest BCUT2D eigenvalue weighted by atomic mass is 16.5. The van der Waals surface area contributed by atoms with E-state index in [2.05, 4.69) is 44.5 Å². The van der Waals surface area contributed by atoms with Crippen LogP contribution in [0.25, 0.3) is 22.5 Å². The molecule has 0 atom stereocenters. The van der Waals surface area contributed by atoms with Crippen molar-refractivity contribution < 1.29 is 4.52 Å². The van der Waals surface area contributed by atoms with E-state index in [0.717, 1.165) is 28.0 Å². The fraction of sp³-hybridized carbons (Fsp3) is 0.158. The van der Waals surface area contributed by atoms with Crippen LogP contribution in [0.4, 0.5) is 11.4 Å². The molecule has 124 valence electrons. The quantitative estimate of drug-likeness (QED) is 0.601. The lowest BCUT2D eigenvalue weighted by Crippen LogP contribution is -1.98. The Hall–Kier alpha value is -3.28. The SMILES string of the molecule is Cc1cccc(Nc2c(-c3nc(C)no3)cnc3nc(C)ccc23)c1. The second kappa shape index (κ2) is 5.98. The number of nitrogens with zero attached hydrogens (tertiary/aromatic N) is 4. The molecule has 4 aromatic rings. The summed E-state index contributed by atoms with van der Waals surface area (Å²) < 4.78 is 5.36. The van der Waals surface area contributed by atoms with E-state index in [1.165, 1.54) is 5.56 Å². The van der Waals surface area contributed by atoms with Crippen LogP contribution in [0, 0.1) is 20.8 Å². The number of benzene rings is 1. The largest absolute Gasteiger partial charge is 0.354 e. The van der Waals surface area contributed by atoms with Gasteiger partial charge in [0.05, 0.1) is 11.3 Å². The molecular weight excluding hydrogens is 314 g/mol. The Morgan fingerprint density at radius 2 is 1.88 bits per heavy atom. The molecule has 0 fully saturated rings. The average Bonchev–Trinajstić information content (AvgIpc) is 3.01. The molecule has 0 amide bonds. The molecule has 0 aliphatic carbocycles. The van der Waals surface area contributed by atoms with Crippen molar-refractivity contribution in [1.29, 1.82) is 0 Å². The van der Waals surface area contributed by atoms with Crippen molar-refractivity contribution in [3.63, 3.8) is 0 Å². The molecule has 0 saturated carbocycles. The minimum Gasteiger partial charge on any atom is -0.354 e. The maximum absolute atomic E-state index is 5.36. The molecular formula is C19H17N5O. The summed E-state index contributed by atoms with van der Waals surface area (Å²) in [6.07, 6.45) is 1.72. The summed E-state index contributed by atoms with van der Waals surface area (Å²) in [5.41, 5.74) is 5.35. The molecule has 1 N–H and O–H groups in total. The summed E-state index contributed by atoms with van der Waals surface area (Å²) in [5, 5.41) is 8.27. The molecule has 0 aliphatic rings. The van der Waals surface area contributed by atoms with Gasteiger partial charge >= 0.3 is 0 Å². The highest BCUT2D eigenvalue weighted by Crippen LogP contribution is 2.34. The lowest BCUT2D eigenvalue weighted by Gasteiger charge is -2.13. The maximum atomic E-state index is 5.36. The van der Waals surface area contributed by atoms with Crippen LogP contribution in [-0.4, -0.2) is 20.1 Å². The number of aryl methyl sites for hydroxylation is 3. The maximum Gasteiger partial charge on any atom is 0.261 e. The van der Waals surface area contributed by atoms with E-state index >= 15 is 0 Å². The van der Waals surface area contributed by atoms with Crippen LogP contribution in [0.2, 0.25) is 0 Å². The predicted octanol–water partition coefficient (Wildman–Crippen LogP) is 4.35. The Labute approximate surface area is 144 Å². The van der Waals surface area contributed by atoms with Crippen LogP contribution in [0.3, 0.4) is 0 Å². The van der Waals surface area contributed by atoms with E-state index in [-0.39, 0.29) is 0 Å². The molecule has 0 spiro atoms. The topological polar surface area (TPSA) is 76.7 Å². The zero-order valence-electron chi connectivity index (χ0n) is 14.2. The summed E-state index contributed by atoms with van der Waals surface area (Å²) >= 11 is 0. The van der Waals surface area contributed by atoms with Crippen molar-refractivity contribution >= 4 is 22.4 Å². The van der Waals surface area contributed by atoms with Gasteiger partial charge in [0.25, 0.3) is 5.89 Å². The third-order valence-corrected chi connectivity index (χ3v) is 3.91. The van der Waals surface area contributed by atoms with Crippen LogP contribution in [0.1, 0.15) is 17.1 Å². The van der Waals surface area contributed by atoms with Crippen molar-refractivity contribution in [1.82, 2.24) is 20.1 Å². The highest BCUT2D eigenvalue weighted by Gasteiger charge is 2.17. The average molecular weight is 331 g/mol. The molecule has 0 saturated heterocycles. The minimum absolute atomic E-state index is 0.433. The smallest absolute Gasteiger partial charge is 0.261 e. The Morgan fingerprint density at radius 3 is 2.64 bits per heavy atom. The van der Waals surface area contributed by atoms with Crippen LogP contribution in [0.15, 0.2) is 47.1 Å². The number of aromatic nitrogens is 4. The molecule has 1 aromatic carbocycles. The van der Waals surface area contributed by atoms with Crippen LogP contribution < -0.4 is 5.32 Å². The van der Waals surface area contributed by atoms with Gasteiger partial charge in [0.1, 0.15) is 0 Å². The second-order valence-corrected chi connectivity index (χ2v) is 6.01. The molecule has 4 rings (SSSR count). The number of fused-ring (bicyclic) bond motifs is 1. The molecule has 6 nitrogen and oxygen atoms in total. The molecule has 0 aliphatic heterocycles. The molecule has 3 heterocycles. The first-order chi connectivity index (χ1) is 12.1. The third-order valence-electron chi connectivity index (χ3n) is 3.91. The lowest BCUT2D eigenvalue weighted by atomic mass is 10.1. The van der Waals surface area contributed by atoms with E-state index in [9.17, 15) is 0 Å².